The van der Waals surface area contributed by atoms with Gasteiger partial charge in [-0.05, 0) is 25.2 Å². The minimum Gasteiger partial charge on any atom is -0.505 e. The van der Waals surface area contributed by atoms with Crippen LogP contribution in [-0.2, 0) is 4.74 Å². The Morgan fingerprint density at radius 2 is 2.33 bits per heavy atom. The zero-order valence-corrected chi connectivity index (χ0v) is 6.35. The number of hydrogen-bond acceptors (Lipinski definition) is 1. The summed E-state index contributed by atoms with van der Waals surface area (Å²) < 4.78 is 5.46. The zero-order valence-electron chi connectivity index (χ0n) is 6.35. The zero-order chi connectivity index (χ0) is 6.85. The molecule has 9 heavy (non-hydrogen) atoms. The average molecular weight is 122 g/mol. The van der Waals surface area contributed by atoms with Gasteiger partial charge in [0.05, 0.1) is 11.8 Å². The van der Waals surface area contributed by atoms with Crippen LogP contribution in [0.25, 0.3) is 0 Å². The normalized spacial score (nSPS) is 35.0. The molecule has 48 valence electrons. The Balaban J connectivity index is 2.54. The van der Waals surface area contributed by atoms with E-state index >= 15 is 0 Å². The summed E-state index contributed by atoms with van der Waals surface area (Å²) in [5.74, 6) is 1.77. The van der Waals surface area contributed by atoms with Gasteiger partial charge in [0.1, 0.15) is 7.85 Å². The van der Waals surface area contributed by atoms with Crippen molar-refractivity contribution in [1.29, 1.82) is 0 Å². The smallest absolute Gasteiger partial charge is 0.154 e. The van der Waals surface area contributed by atoms with Gasteiger partial charge >= 0.3 is 0 Å². The molecule has 0 aliphatic carbocycles. The van der Waals surface area contributed by atoms with Gasteiger partial charge in [-0.3, -0.25) is 0 Å². The van der Waals surface area contributed by atoms with E-state index in [1.807, 2.05) is 6.92 Å². The van der Waals surface area contributed by atoms with E-state index in [0.717, 1.165) is 5.76 Å². The first-order valence-electron chi connectivity index (χ1n) is 3.53. The highest BCUT2D eigenvalue weighted by Gasteiger charge is 2.16. The molecule has 1 aliphatic heterocycles. The lowest BCUT2D eigenvalue weighted by atomic mass is 9.71. The van der Waals surface area contributed by atoms with Gasteiger partial charge in [-0.2, -0.15) is 0 Å². The van der Waals surface area contributed by atoms with Crippen molar-refractivity contribution in [2.75, 3.05) is 0 Å². The van der Waals surface area contributed by atoms with Crippen LogP contribution >= 0.6 is 0 Å². The predicted octanol–water partition coefficient (Wildman–Crippen LogP) is -0.309. The molecule has 1 heterocycles. The van der Waals surface area contributed by atoms with E-state index in [4.69, 9.17) is 4.74 Å². The molecule has 0 N–H and O–H groups in total. The topological polar surface area (TPSA) is 9.23 Å². The second-order valence-corrected chi connectivity index (χ2v) is 2.85. The maximum Gasteiger partial charge on any atom is 0.154 e. The van der Waals surface area contributed by atoms with E-state index in [2.05, 4.69) is 21.8 Å². The third-order valence-corrected chi connectivity index (χ3v) is 1.95. The van der Waals surface area contributed by atoms with Crippen LogP contribution < -0.4 is 0 Å². The van der Waals surface area contributed by atoms with Gasteiger partial charge in [0.2, 0.25) is 0 Å². The van der Waals surface area contributed by atoms with Crippen LogP contribution in [0.4, 0.5) is 0 Å². The molecule has 0 saturated carbocycles. The number of allylic oxidation sites excluding steroid dienone is 2. The third kappa shape index (κ3) is 1.54. The van der Waals surface area contributed by atoms with Crippen LogP contribution in [0.5, 0.6) is 0 Å². The molecule has 3 heteroatoms. The Hall–Kier alpha value is -0.330. The molecule has 1 aliphatic rings. The Labute approximate surface area is 58.3 Å². The van der Waals surface area contributed by atoms with Crippen molar-refractivity contribution < 1.29 is 4.74 Å². The minimum absolute atomic E-state index is 0.412. The van der Waals surface area contributed by atoms with Gasteiger partial charge in [-0.25, -0.2) is 0 Å². The standard InChI is InChI=1S/C6H12B2O/c1-4-2-3-5(7)6(8)9-4/h2,5-6H,3,7-8H2,1H3. The molecule has 0 fully saturated rings. The molecule has 0 bridgehead atoms. The van der Waals surface area contributed by atoms with Gasteiger partial charge in [0.25, 0.3) is 0 Å². The fraction of sp³-hybridized carbons (Fsp3) is 0.667. The Kier molecular flexibility index (Phi) is 1.89. The molecule has 0 spiro atoms. The summed E-state index contributed by atoms with van der Waals surface area (Å²) in [6.07, 6.45) is 3.33. The molecular formula is C6H12B2O. The lowest BCUT2D eigenvalue weighted by molar-refractivity contribution is 0.161. The Bertz CT molecular complexity index is 133. The van der Waals surface area contributed by atoms with Gasteiger partial charge in [-0.15, -0.1) is 0 Å². The molecule has 2 atom stereocenters. The first kappa shape index (κ1) is 6.79. The van der Waals surface area contributed by atoms with E-state index < -0.39 is 0 Å². The van der Waals surface area contributed by atoms with Crippen LogP contribution in [0, 0.1) is 0 Å². The van der Waals surface area contributed by atoms with Crippen LogP contribution in [0.15, 0.2) is 11.8 Å². The number of rotatable bonds is 0. The van der Waals surface area contributed by atoms with E-state index in [9.17, 15) is 0 Å². The molecule has 0 amide bonds. The fourth-order valence-corrected chi connectivity index (χ4v) is 1.00. The summed E-state index contributed by atoms with van der Waals surface area (Å²) in [6.45, 7) is 2.02. The summed E-state index contributed by atoms with van der Waals surface area (Å²) in [6, 6.07) is 0.412. The van der Waals surface area contributed by atoms with Crippen LogP contribution in [0.1, 0.15) is 13.3 Å². The largest absolute Gasteiger partial charge is 0.505 e. The molecule has 1 nitrogen and oxygen atoms in total. The highest BCUT2D eigenvalue weighted by atomic mass is 16.5. The van der Waals surface area contributed by atoms with E-state index in [1.165, 1.54) is 6.42 Å². The molecule has 1 rings (SSSR count). The first-order valence-corrected chi connectivity index (χ1v) is 3.53. The summed E-state index contributed by atoms with van der Waals surface area (Å²) >= 11 is 0. The summed E-state index contributed by atoms with van der Waals surface area (Å²) in [5.41, 5.74) is 0. The van der Waals surface area contributed by atoms with Crippen LogP contribution in [0.2, 0.25) is 5.82 Å². The van der Waals surface area contributed by atoms with E-state index in [-0.39, 0.29) is 0 Å². The van der Waals surface area contributed by atoms with E-state index in [1.54, 1.807) is 0 Å². The van der Waals surface area contributed by atoms with E-state index in [0.29, 0.717) is 11.8 Å². The molecule has 2 unspecified atom stereocenters. The molecule has 0 aromatic rings. The Morgan fingerprint density at radius 3 is 2.78 bits per heavy atom. The molecule has 0 aromatic carbocycles. The maximum atomic E-state index is 5.46. The van der Waals surface area contributed by atoms with Gasteiger partial charge < -0.3 is 4.74 Å². The van der Waals surface area contributed by atoms with Crippen LogP contribution in [0.3, 0.4) is 0 Å². The number of ether oxygens (including phenoxy) is 1. The van der Waals surface area contributed by atoms with Crippen molar-refractivity contribution in [3.8, 4) is 0 Å². The van der Waals surface area contributed by atoms with Crippen molar-refractivity contribution in [2.24, 2.45) is 0 Å². The third-order valence-electron chi connectivity index (χ3n) is 1.95. The highest BCUT2D eigenvalue weighted by molar-refractivity contribution is 6.21. The van der Waals surface area contributed by atoms with Crippen molar-refractivity contribution >= 4 is 15.7 Å². The molecule has 0 saturated heterocycles. The van der Waals surface area contributed by atoms with Crippen molar-refractivity contribution in [1.82, 2.24) is 0 Å². The van der Waals surface area contributed by atoms with Crippen molar-refractivity contribution in [2.45, 2.75) is 25.2 Å². The fourth-order valence-electron chi connectivity index (χ4n) is 1.00. The van der Waals surface area contributed by atoms with Crippen LogP contribution in [-0.4, -0.2) is 21.7 Å². The first-order chi connectivity index (χ1) is 4.20. The van der Waals surface area contributed by atoms with Crippen molar-refractivity contribution in [3.63, 3.8) is 0 Å². The summed E-state index contributed by atoms with van der Waals surface area (Å²) in [4.78, 5) is 0. The quantitative estimate of drug-likeness (QED) is 0.400. The monoisotopic (exact) mass is 122 g/mol. The molecule has 0 aromatic heterocycles. The summed E-state index contributed by atoms with van der Waals surface area (Å²) in [7, 11) is 4.34. The molecule has 0 radical (unpaired) electrons. The Morgan fingerprint density at radius 1 is 1.67 bits per heavy atom. The number of hydrogen-bond donors (Lipinski definition) is 0. The maximum absolute atomic E-state index is 5.46. The lowest BCUT2D eigenvalue weighted by Gasteiger charge is -2.25. The SMILES string of the molecule is BC1CC=C(C)OC1B. The van der Waals surface area contributed by atoms with Crippen molar-refractivity contribution in [3.05, 3.63) is 11.8 Å². The predicted molar refractivity (Wildman–Crippen MR) is 44.1 cm³/mol. The van der Waals surface area contributed by atoms with Gasteiger partial charge in [0, 0.05) is 0 Å². The average Bonchev–Trinajstić information content (AvgIpc) is 1.80. The van der Waals surface area contributed by atoms with Gasteiger partial charge in [0.15, 0.2) is 7.85 Å². The highest BCUT2D eigenvalue weighted by Crippen LogP contribution is 2.22. The molecular weight excluding hydrogens is 110 g/mol. The second-order valence-electron chi connectivity index (χ2n) is 2.85. The second kappa shape index (κ2) is 2.51. The lowest BCUT2D eigenvalue weighted by Crippen LogP contribution is -2.22. The van der Waals surface area contributed by atoms with Gasteiger partial charge in [-0.1, -0.05) is 0 Å². The summed E-state index contributed by atoms with van der Waals surface area (Å²) in [5, 5.41) is 0. The minimum atomic E-state index is 0.412.